The average Bonchev–Trinajstić information content (AvgIpc) is 2.93. The molecule has 4 nitrogen and oxygen atoms in total. The first kappa shape index (κ1) is 14.1. The average molecular weight is 306 g/mol. The minimum absolute atomic E-state index is 0.240. The Labute approximate surface area is 122 Å². The van der Waals surface area contributed by atoms with Crippen molar-refractivity contribution in [1.29, 1.82) is 0 Å². The summed E-state index contributed by atoms with van der Waals surface area (Å²) in [4.78, 5) is 11.1. The van der Waals surface area contributed by atoms with Gasteiger partial charge in [-0.25, -0.2) is 9.31 Å². The number of hydrogen-bond acceptors (Lipinski definition) is 2. The molecule has 7 heteroatoms. The molecule has 0 aliphatic carbocycles. The van der Waals surface area contributed by atoms with Gasteiger partial charge in [0.1, 0.15) is 0 Å². The topological polar surface area (TPSA) is 54.6 Å². The molecule has 0 saturated carbocycles. The number of carboxylic acids is 1. The van der Waals surface area contributed by atoms with E-state index in [1.54, 1.807) is 18.3 Å². The molecule has 1 N–H and O–H groups in total. The maximum Gasteiger partial charge on any atom is 0.416 e. The second-order valence-electron chi connectivity index (χ2n) is 4.66. The van der Waals surface area contributed by atoms with Crippen LogP contribution >= 0.6 is 0 Å². The quantitative estimate of drug-likeness (QED) is 0.785. The molecule has 0 aliphatic heterocycles. The Bertz CT molecular complexity index is 869. The van der Waals surface area contributed by atoms with E-state index >= 15 is 0 Å². The molecule has 112 valence electrons. The summed E-state index contributed by atoms with van der Waals surface area (Å²) in [5.74, 6) is -1.25. The molecule has 0 radical (unpaired) electrons. The molecule has 3 aromatic rings. The Hall–Kier alpha value is -2.83. The third-order valence-corrected chi connectivity index (χ3v) is 3.22. The Morgan fingerprint density at radius 1 is 1.14 bits per heavy atom. The minimum atomic E-state index is -4.46. The van der Waals surface area contributed by atoms with Crippen molar-refractivity contribution < 1.29 is 23.1 Å². The predicted molar refractivity (Wildman–Crippen MR) is 72.6 cm³/mol. The number of rotatable bonds is 2. The summed E-state index contributed by atoms with van der Waals surface area (Å²) in [6.07, 6.45) is -2.92. The fourth-order valence-corrected chi connectivity index (χ4v) is 2.23. The highest BCUT2D eigenvalue weighted by Crippen LogP contribution is 2.33. The number of aromatic nitrogens is 2. The van der Waals surface area contributed by atoms with Gasteiger partial charge in [-0.15, -0.1) is 0 Å². The van der Waals surface area contributed by atoms with Crippen LogP contribution < -0.4 is 0 Å². The van der Waals surface area contributed by atoms with Gasteiger partial charge in [0, 0.05) is 11.8 Å². The summed E-state index contributed by atoms with van der Waals surface area (Å²) < 4.78 is 39.8. The van der Waals surface area contributed by atoms with E-state index in [1.807, 2.05) is 0 Å². The maximum absolute atomic E-state index is 12.8. The number of alkyl halides is 3. The van der Waals surface area contributed by atoms with Crippen LogP contribution in [0.3, 0.4) is 0 Å². The lowest BCUT2D eigenvalue weighted by Crippen LogP contribution is -2.06. The lowest BCUT2D eigenvalue weighted by Gasteiger charge is -2.10. The largest absolute Gasteiger partial charge is 0.476 e. The minimum Gasteiger partial charge on any atom is -0.476 e. The summed E-state index contributed by atoms with van der Waals surface area (Å²) in [7, 11) is 0. The van der Waals surface area contributed by atoms with Crippen LogP contribution in [0, 0.1) is 0 Å². The van der Waals surface area contributed by atoms with Crippen molar-refractivity contribution in [2.24, 2.45) is 0 Å². The highest BCUT2D eigenvalue weighted by molar-refractivity contribution is 5.90. The first-order chi connectivity index (χ1) is 10.4. The molecule has 0 unspecified atom stereocenters. The zero-order valence-electron chi connectivity index (χ0n) is 11.0. The molecular weight excluding hydrogens is 297 g/mol. The standard InChI is InChI=1S/C15H9F3N2O2/c16-15(17,18)10-4-1-3-9(7-10)11-8-12(14(21)22)19-20-6-2-5-13(11)20/h1-8H,(H,21,22). The van der Waals surface area contributed by atoms with Crippen LogP contribution in [0.4, 0.5) is 13.2 Å². The third kappa shape index (κ3) is 2.41. The number of nitrogens with zero attached hydrogens (tertiary/aromatic N) is 2. The van der Waals surface area contributed by atoms with Crippen molar-refractivity contribution in [3.8, 4) is 11.1 Å². The first-order valence-corrected chi connectivity index (χ1v) is 6.25. The van der Waals surface area contributed by atoms with Crippen LogP contribution in [-0.2, 0) is 6.18 Å². The van der Waals surface area contributed by atoms with Gasteiger partial charge in [0.05, 0.1) is 11.1 Å². The number of fused-ring (bicyclic) bond motifs is 1. The molecule has 0 bridgehead atoms. The summed E-state index contributed by atoms with van der Waals surface area (Å²) in [6.45, 7) is 0. The zero-order valence-corrected chi connectivity index (χ0v) is 11.0. The smallest absolute Gasteiger partial charge is 0.416 e. The molecule has 0 spiro atoms. The second-order valence-corrected chi connectivity index (χ2v) is 4.66. The van der Waals surface area contributed by atoms with Gasteiger partial charge < -0.3 is 5.11 Å². The van der Waals surface area contributed by atoms with Crippen molar-refractivity contribution in [2.75, 3.05) is 0 Å². The van der Waals surface area contributed by atoms with Gasteiger partial charge in [-0.2, -0.15) is 18.3 Å². The van der Waals surface area contributed by atoms with Gasteiger partial charge in [-0.1, -0.05) is 12.1 Å². The Balaban J connectivity index is 2.25. The van der Waals surface area contributed by atoms with Crippen LogP contribution in [0.2, 0.25) is 0 Å². The summed E-state index contributed by atoms with van der Waals surface area (Å²) >= 11 is 0. The van der Waals surface area contributed by atoms with E-state index in [0.717, 1.165) is 12.1 Å². The Morgan fingerprint density at radius 2 is 1.91 bits per heavy atom. The molecular formula is C15H9F3N2O2. The highest BCUT2D eigenvalue weighted by Gasteiger charge is 2.30. The fourth-order valence-electron chi connectivity index (χ4n) is 2.23. The van der Waals surface area contributed by atoms with Crippen molar-refractivity contribution in [3.63, 3.8) is 0 Å². The normalized spacial score (nSPS) is 11.8. The Morgan fingerprint density at radius 3 is 2.59 bits per heavy atom. The monoisotopic (exact) mass is 306 g/mol. The SMILES string of the molecule is O=C(O)c1cc(-c2cccc(C(F)(F)F)c2)c2cccn2n1. The number of carbonyl (C=O) groups is 1. The Kier molecular flexibility index (Phi) is 3.13. The van der Waals surface area contributed by atoms with Gasteiger partial charge >= 0.3 is 12.1 Å². The molecule has 0 aliphatic rings. The molecule has 22 heavy (non-hydrogen) atoms. The number of benzene rings is 1. The molecule has 2 heterocycles. The van der Waals surface area contributed by atoms with E-state index in [0.29, 0.717) is 11.1 Å². The molecule has 2 aromatic heterocycles. The molecule has 0 atom stereocenters. The van der Waals surface area contributed by atoms with Gasteiger partial charge in [0.2, 0.25) is 0 Å². The summed E-state index contributed by atoms with van der Waals surface area (Å²) in [5.41, 5.74) is 0.163. The van der Waals surface area contributed by atoms with E-state index in [1.165, 1.54) is 22.7 Å². The lowest BCUT2D eigenvalue weighted by atomic mass is 10.0. The van der Waals surface area contributed by atoms with Crippen LogP contribution in [-0.4, -0.2) is 20.7 Å². The van der Waals surface area contributed by atoms with E-state index in [9.17, 15) is 18.0 Å². The fraction of sp³-hybridized carbons (Fsp3) is 0.0667. The second kappa shape index (κ2) is 4.87. The molecule has 0 saturated heterocycles. The molecule has 0 fully saturated rings. The summed E-state index contributed by atoms with van der Waals surface area (Å²) in [5, 5.41) is 13.0. The summed E-state index contributed by atoms with van der Waals surface area (Å²) in [6, 6.07) is 9.33. The highest BCUT2D eigenvalue weighted by atomic mass is 19.4. The van der Waals surface area contributed by atoms with Gasteiger partial charge in [0.15, 0.2) is 5.69 Å². The van der Waals surface area contributed by atoms with Gasteiger partial charge in [0.25, 0.3) is 0 Å². The van der Waals surface area contributed by atoms with Crippen molar-refractivity contribution in [2.45, 2.75) is 6.18 Å². The number of aromatic carboxylic acids is 1. The van der Waals surface area contributed by atoms with E-state index in [4.69, 9.17) is 5.11 Å². The lowest BCUT2D eigenvalue weighted by molar-refractivity contribution is -0.137. The van der Waals surface area contributed by atoms with Crippen LogP contribution in [0.5, 0.6) is 0 Å². The van der Waals surface area contributed by atoms with Crippen molar-refractivity contribution in [3.05, 3.63) is 59.9 Å². The van der Waals surface area contributed by atoms with Gasteiger partial charge in [-0.05, 0) is 35.9 Å². The van der Waals surface area contributed by atoms with Crippen molar-refractivity contribution in [1.82, 2.24) is 9.61 Å². The van der Waals surface area contributed by atoms with E-state index < -0.39 is 17.7 Å². The first-order valence-electron chi connectivity index (χ1n) is 6.25. The number of carboxylic acid groups (broad SMARTS) is 1. The van der Waals surface area contributed by atoms with Crippen molar-refractivity contribution >= 4 is 11.5 Å². The predicted octanol–water partition coefficient (Wildman–Crippen LogP) is 3.72. The number of hydrogen-bond donors (Lipinski definition) is 1. The van der Waals surface area contributed by atoms with E-state index in [-0.39, 0.29) is 11.3 Å². The zero-order chi connectivity index (χ0) is 15.9. The molecule has 0 amide bonds. The maximum atomic E-state index is 12.8. The third-order valence-electron chi connectivity index (χ3n) is 3.22. The van der Waals surface area contributed by atoms with Crippen LogP contribution in [0.1, 0.15) is 16.1 Å². The van der Waals surface area contributed by atoms with Gasteiger partial charge in [-0.3, -0.25) is 0 Å². The number of halogens is 3. The van der Waals surface area contributed by atoms with E-state index in [2.05, 4.69) is 5.10 Å². The van der Waals surface area contributed by atoms with Crippen LogP contribution in [0.25, 0.3) is 16.6 Å². The van der Waals surface area contributed by atoms with Crippen LogP contribution in [0.15, 0.2) is 48.7 Å². The molecule has 3 rings (SSSR count). The molecule has 1 aromatic carbocycles.